The Morgan fingerprint density at radius 2 is 2.18 bits per heavy atom. The summed E-state index contributed by atoms with van der Waals surface area (Å²) in [7, 11) is 0. The van der Waals surface area contributed by atoms with E-state index < -0.39 is 0 Å². The molecule has 1 aromatic rings. The highest BCUT2D eigenvalue weighted by molar-refractivity contribution is 7.99. The van der Waals surface area contributed by atoms with Crippen molar-refractivity contribution >= 4 is 23.5 Å². The average molecular weight is 188 g/mol. The number of aromatic amines is 1. The maximum Gasteiger partial charge on any atom is 0.277 e. The van der Waals surface area contributed by atoms with Gasteiger partial charge < -0.3 is 0 Å². The van der Waals surface area contributed by atoms with Gasteiger partial charge in [-0.2, -0.15) is 5.10 Å². The molecule has 0 atom stereocenters. The maximum absolute atomic E-state index is 11.0. The van der Waals surface area contributed by atoms with Gasteiger partial charge in [0.15, 0.2) is 0 Å². The molecule has 0 aromatic carbocycles. The predicted octanol–water partition coefficient (Wildman–Crippen LogP) is 1.21. The normalized spacial score (nSPS) is 10.0. The van der Waals surface area contributed by atoms with E-state index in [1.807, 2.05) is 12.5 Å². The first-order valence-electron chi connectivity index (χ1n) is 2.95. The highest BCUT2D eigenvalue weighted by atomic mass is 32.2. The molecule has 0 fully saturated rings. The highest BCUT2D eigenvalue weighted by Gasteiger charge is 1.99. The zero-order valence-corrected chi connectivity index (χ0v) is 7.88. The Kier molecular flexibility index (Phi) is 3.02. The second-order valence-corrected chi connectivity index (χ2v) is 3.48. The highest BCUT2D eigenvalue weighted by Crippen LogP contribution is 2.14. The molecule has 60 valence electrons. The fraction of sp³-hybridized carbons (Fsp3) is 0.333. The van der Waals surface area contributed by atoms with Crippen LogP contribution in [0.15, 0.2) is 20.8 Å². The smallest absolute Gasteiger partial charge is 0.267 e. The summed E-state index contributed by atoms with van der Waals surface area (Å²) in [5.41, 5.74) is -0.115. The number of nitrogens with zero attached hydrogens (tertiary/aromatic N) is 1. The number of H-pyrrole nitrogens is 1. The molecule has 1 aromatic heterocycles. The Bertz CT molecular complexity index is 297. The molecule has 1 heterocycles. The summed E-state index contributed by atoms with van der Waals surface area (Å²) in [5, 5.41) is 7.08. The number of nitrogens with one attached hydrogen (secondary N) is 1. The molecule has 1 rings (SSSR count). The summed E-state index contributed by atoms with van der Waals surface area (Å²) in [4.78, 5) is 11.7. The van der Waals surface area contributed by atoms with E-state index in [9.17, 15) is 4.79 Å². The van der Waals surface area contributed by atoms with Crippen LogP contribution in [-0.4, -0.2) is 22.7 Å². The monoisotopic (exact) mass is 188 g/mol. The van der Waals surface area contributed by atoms with E-state index in [0.29, 0.717) is 4.90 Å². The molecule has 0 amide bonds. The molecule has 5 heteroatoms. The third kappa shape index (κ3) is 2.00. The topological polar surface area (TPSA) is 45.8 Å². The van der Waals surface area contributed by atoms with E-state index in [-0.39, 0.29) is 5.56 Å². The van der Waals surface area contributed by atoms with Gasteiger partial charge in [-0.3, -0.25) is 4.79 Å². The minimum absolute atomic E-state index is 0.115. The number of aromatic nitrogens is 2. The molecule has 0 radical (unpaired) electrons. The Hall–Kier alpha value is -0.420. The third-order valence-corrected chi connectivity index (χ3v) is 2.55. The Labute approximate surface area is 73.0 Å². The van der Waals surface area contributed by atoms with Crippen molar-refractivity contribution in [3.63, 3.8) is 0 Å². The van der Waals surface area contributed by atoms with Crippen molar-refractivity contribution in [2.24, 2.45) is 0 Å². The van der Waals surface area contributed by atoms with Crippen LogP contribution in [0.25, 0.3) is 0 Å². The van der Waals surface area contributed by atoms with Crippen LogP contribution < -0.4 is 5.56 Å². The molecule has 0 saturated carbocycles. The van der Waals surface area contributed by atoms with Crippen molar-refractivity contribution in [2.45, 2.75) is 9.92 Å². The SMILES string of the molecule is CSc1cc(SC)c(=O)[nH]n1. The summed E-state index contributed by atoms with van der Waals surface area (Å²) in [6, 6.07) is 1.79. The minimum atomic E-state index is -0.115. The summed E-state index contributed by atoms with van der Waals surface area (Å²) < 4.78 is 0. The fourth-order valence-corrected chi connectivity index (χ4v) is 1.53. The van der Waals surface area contributed by atoms with E-state index >= 15 is 0 Å². The van der Waals surface area contributed by atoms with Crippen molar-refractivity contribution in [3.05, 3.63) is 16.4 Å². The van der Waals surface area contributed by atoms with Gasteiger partial charge >= 0.3 is 0 Å². The second-order valence-electron chi connectivity index (χ2n) is 1.81. The van der Waals surface area contributed by atoms with Gasteiger partial charge in [-0.15, -0.1) is 23.5 Å². The standard InChI is InChI=1S/C6H8N2OS2/c1-10-4-3-5(11-2)7-8-6(4)9/h3H,1-2H3,(H,8,9). The summed E-state index contributed by atoms with van der Waals surface area (Å²) in [6.45, 7) is 0. The lowest BCUT2D eigenvalue weighted by molar-refractivity contribution is 0.865. The maximum atomic E-state index is 11.0. The lowest BCUT2D eigenvalue weighted by Gasteiger charge is -1.96. The largest absolute Gasteiger partial charge is 0.277 e. The van der Waals surface area contributed by atoms with Gasteiger partial charge in [0.2, 0.25) is 0 Å². The van der Waals surface area contributed by atoms with Gasteiger partial charge in [0.05, 0.1) is 4.90 Å². The lowest BCUT2D eigenvalue weighted by atomic mass is 10.6. The Balaban J connectivity index is 3.13. The molecule has 11 heavy (non-hydrogen) atoms. The first kappa shape index (κ1) is 8.67. The van der Waals surface area contributed by atoms with E-state index in [2.05, 4.69) is 10.2 Å². The number of hydrogen-bond donors (Lipinski definition) is 1. The Morgan fingerprint density at radius 1 is 1.45 bits per heavy atom. The average Bonchev–Trinajstić information content (AvgIpc) is 2.05. The molecule has 3 nitrogen and oxygen atoms in total. The number of hydrogen-bond acceptors (Lipinski definition) is 4. The molecule has 0 unspecified atom stereocenters. The van der Waals surface area contributed by atoms with Crippen molar-refractivity contribution in [1.82, 2.24) is 10.2 Å². The second kappa shape index (κ2) is 3.82. The summed E-state index contributed by atoms with van der Waals surface area (Å²) in [6.07, 6.45) is 3.79. The van der Waals surface area contributed by atoms with Crippen molar-refractivity contribution in [2.75, 3.05) is 12.5 Å². The van der Waals surface area contributed by atoms with Crippen LogP contribution in [0.2, 0.25) is 0 Å². The first-order chi connectivity index (χ1) is 5.27. The van der Waals surface area contributed by atoms with Gasteiger partial charge in [-0.1, -0.05) is 0 Å². The van der Waals surface area contributed by atoms with Gasteiger partial charge in [-0.25, -0.2) is 5.10 Å². The van der Waals surface area contributed by atoms with Crippen LogP contribution in [-0.2, 0) is 0 Å². The van der Waals surface area contributed by atoms with Gasteiger partial charge in [0, 0.05) is 0 Å². The quantitative estimate of drug-likeness (QED) is 0.709. The minimum Gasteiger partial charge on any atom is -0.267 e. The number of thioether (sulfide) groups is 2. The lowest BCUT2D eigenvalue weighted by Crippen LogP contribution is -2.09. The molecule has 0 saturated heterocycles. The van der Waals surface area contributed by atoms with Crippen LogP contribution in [0.4, 0.5) is 0 Å². The number of rotatable bonds is 2. The molecular weight excluding hydrogens is 180 g/mol. The van der Waals surface area contributed by atoms with Crippen LogP contribution >= 0.6 is 23.5 Å². The predicted molar refractivity (Wildman–Crippen MR) is 48.4 cm³/mol. The molecular formula is C6H8N2OS2. The summed E-state index contributed by atoms with van der Waals surface area (Å²) in [5.74, 6) is 0. The van der Waals surface area contributed by atoms with E-state index in [4.69, 9.17) is 0 Å². The van der Waals surface area contributed by atoms with Gasteiger partial charge in [-0.05, 0) is 18.6 Å². The van der Waals surface area contributed by atoms with Crippen molar-refractivity contribution in [1.29, 1.82) is 0 Å². The first-order valence-corrected chi connectivity index (χ1v) is 5.40. The molecule has 1 N–H and O–H groups in total. The molecule has 0 aliphatic carbocycles. The van der Waals surface area contributed by atoms with Crippen molar-refractivity contribution < 1.29 is 0 Å². The molecule has 0 aliphatic heterocycles. The zero-order chi connectivity index (χ0) is 8.27. The van der Waals surface area contributed by atoms with E-state index in [1.165, 1.54) is 23.5 Å². The molecule has 0 bridgehead atoms. The molecule has 0 aliphatic rings. The van der Waals surface area contributed by atoms with Crippen LogP contribution in [0.3, 0.4) is 0 Å². The zero-order valence-electron chi connectivity index (χ0n) is 6.25. The molecule has 0 spiro atoms. The Morgan fingerprint density at radius 3 is 2.73 bits per heavy atom. The van der Waals surface area contributed by atoms with Gasteiger partial charge in [0.25, 0.3) is 5.56 Å². The van der Waals surface area contributed by atoms with Crippen LogP contribution in [0.5, 0.6) is 0 Å². The van der Waals surface area contributed by atoms with E-state index in [1.54, 1.807) is 6.07 Å². The summed E-state index contributed by atoms with van der Waals surface area (Å²) >= 11 is 2.94. The van der Waals surface area contributed by atoms with E-state index in [0.717, 1.165) is 5.03 Å². The van der Waals surface area contributed by atoms with Gasteiger partial charge in [0.1, 0.15) is 5.03 Å². The van der Waals surface area contributed by atoms with Crippen LogP contribution in [0, 0.1) is 0 Å². The fourth-order valence-electron chi connectivity index (χ4n) is 0.627. The van der Waals surface area contributed by atoms with Crippen molar-refractivity contribution in [3.8, 4) is 0 Å². The third-order valence-electron chi connectivity index (χ3n) is 1.18. The van der Waals surface area contributed by atoms with Crippen LogP contribution in [0.1, 0.15) is 0 Å².